The molecular weight excluding hydrogens is 462 g/mol. The lowest BCUT2D eigenvalue weighted by Gasteiger charge is -2.60. The topological polar surface area (TPSA) is 78.9 Å². The summed E-state index contributed by atoms with van der Waals surface area (Å²) < 4.78 is 25.0. The van der Waals surface area contributed by atoms with Crippen molar-refractivity contribution in [3.8, 4) is 5.75 Å². The summed E-state index contributed by atoms with van der Waals surface area (Å²) in [5, 5.41) is 10.8. The Morgan fingerprint density at radius 3 is 2.69 bits per heavy atom. The highest BCUT2D eigenvalue weighted by Gasteiger charge is 2.69. The Bertz CT molecular complexity index is 954. The molecule has 5 saturated heterocycles. The van der Waals surface area contributed by atoms with Crippen molar-refractivity contribution >= 4 is 0 Å². The molecule has 1 aromatic rings. The molecule has 5 heterocycles. The number of hydrogen-bond donors (Lipinski definition) is 1. The molecule has 9 atom stereocenters. The van der Waals surface area contributed by atoms with Gasteiger partial charge in [0.2, 0.25) is 5.79 Å². The second kappa shape index (κ2) is 9.49. The third kappa shape index (κ3) is 4.19. The van der Waals surface area contributed by atoms with E-state index in [9.17, 15) is 5.11 Å². The maximum absolute atomic E-state index is 10.8. The van der Waals surface area contributed by atoms with Gasteiger partial charge in [0, 0.05) is 43.5 Å². The molecule has 1 aliphatic carbocycles. The van der Waals surface area contributed by atoms with Gasteiger partial charge in [-0.15, -0.1) is 0 Å². The van der Waals surface area contributed by atoms with Gasteiger partial charge in [0.05, 0.1) is 19.3 Å². The van der Waals surface area contributed by atoms with Crippen molar-refractivity contribution in [2.24, 2.45) is 23.7 Å². The highest BCUT2D eigenvalue weighted by atomic mass is 17.3. The highest BCUT2D eigenvalue weighted by molar-refractivity contribution is 5.37. The number of hydrogen-bond acceptors (Lipinski definition) is 8. The van der Waals surface area contributed by atoms with Gasteiger partial charge in [0.15, 0.2) is 18.2 Å². The summed E-state index contributed by atoms with van der Waals surface area (Å²) in [4.78, 5) is 14.5. The number of nitrogens with zero attached hydrogens (tertiary/aromatic N) is 1. The van der Waals surface area contributed by atoms with Crippen molar-refractivity contribution in [1.29, 1.82) is 0 Å². The fourth-order valence-corrected chi connectivity index (χ4v) is 7.27. The Labute approximate surface area is 214 Å². The van der Waals surface area contributed by atoms with Crippen LogP contribution in [0.2, 0.25) is 0 Å². The van der Waals surface area contributed by atoms with Gasteiger partial charge in [-0.05, 0) is 56.6 Å². The average molecular weight is 504 g/mol. The molecule has 0 aromatic heterocycles. The predicted octanol–water partition coefficient (Wildman–Crippen LogP) is 4.51. The molecule has 8 nitrogen and oxygen atoms in total. The smallest absolute Gasteiger partial charge is 0.201 e. The van der Waals surface area contributed by atoms with E-state index in [-0.39, 0.29) is 17.9 Å². The van der Waals surface area contributed by atoms with Gasteiger partial charge >= 0.3 is 0 Å². The Hall–Kier alpha value is -1.26. The van der Waals surface area contributed by atoms with E-state index in [1.807, 2.05) is 26.0 Å². The summed E-state index contributed by atoms with van der Waals surface area (Å²) in [6.07, 6.45) is 2.80. The van der Waals surface area contributed by atoms with Crippen LogP contribution in [0.5, 0.6) is 5.75 Å². The van der Waals surface area contributed by atoms with E-state index in [0.29, 0.717) is 17.6 Å². The number of fused-ring (bicyclic) bond motifs is 2. The van der Waals surface area contributed by atoms with Crippen LogP contribution in [0.4, 0.5) is 0 Å². The summed E-state index contributed by atoms with van der Waals surface area (Å²) in [6.45, 7) is 12.5. The van der Waals surface area contributed by atoms with Crippen LogP contribution in [-0.2, 0) is 35.3 Å². The van der Waals surface area contributed by atoms with Crippen LogP contribution < -0.4 is 0 Å². The summed E-state index contributed by atoms with van der Waals surface area (Å²) in [6, 6.07) is 5.89. The summed E-state index contributed by atoms with van der Waals surface area (Å²) in [5.41, 5.74) is 1.27. The van der Waals surface area contributed by atoms with Crippen molar-refractivity contribution in [2.75, 3.05) is 26.3 Å². The fraction of sp³-hybridized carbons (Fsp3) is 0.786. The normalized spacial score (nSPS) is 43.6. The van der Waals surface area contributed by atoms with E-state index in [1.165, 1.54) is 0 Å². The molecule has 0 amide bonds. The van der Waals surface area contributed by atoms with Gasteiger partial charge in [-0.25, -0.2) is 9.78 Å². The molecule has 1 saturated carbocycles. The second-order valence-corrected chi connectivity index (χ2v) is 11.8. The average Bonchev–Trinajstić information content (AvgIpc) is 3.10. The standard InChI is InChI=1S/C28H41NO7/c1-17-5-8-23-18(2)25(33-26-28(23)22(17)9-10-27(4,34-26)35-36-28)32-19(3)20-6-7-21(24(30)15-20)16-29-11-13-31-14-12-29/h6-7,15,17-19,22-23,25-26,30H,5,8-14,16H2,1-4H3/t17-,18-,19?,22+,23+,25+,26-,27-,28-/m1/s1. The molecule has 8 heteroatoms. The van der Waals surface area contributed by atoms with E-state index >= 15 is 0 Å². The molecule has 1 spiro atoms. The SMILES string of the molecule is CC(O[C@H]1O[C@@H]2O[C@@]3(C)CC[C@H]4[C@H](C)CC[C@@H]([C@H]1C)[C@@]24OO3)c1ccc(CN2CCOCC2)c(O)c1. The first-order chi connectivity index (χ1) is 17.3. The molecule has 2 bridgehead atoms. The van der Waals surface area contributed by atoms with E-state index in [1.54, 1.807) is 0 Å². The number of benzene rings is 1. The first kappa shape index (κ1) is 25.0. The van der Waals surface area contributed by atoms with Gasteiger partial charge in [0.25, 0.3) is 0 Å². The van der Waals surface area contributed by atoms with E-state index in [0.717, 1.165) is 69.7 Å². The zero-order chi connectivity index (χ0) is 25.1. The Kier molecular flexibility index (Phi) is 6.60. The molecule has 1 unspecified atom stereocenters. The van der Waals surface area contributed by atoms with Crippen LogP contribution in [0.25, 0.3) is 0 Å². The Balaban J connectivity index is 1.18. The number of ether oxygens (including phenoxy) is 4. The van der Waals surface area contributed by atoms with Crippen LogP contribution in [0.1, 0.15) is 70.6 Å². The zero-order valence-electron chi connectivity index (χ0n) is 22.0. The highest BCUT2D eigenvalue weighted by Crippen LogP contribution is 2.60. The summed E-state index contributed by atoms with van der Waals surface area (Å²) >= 11 is 0. The van der Waals surface area contributed by atoms with Gasteiger partial charge in [-0.1, -0.05) is 26.0 Å². The summed E-state index contributed by atoms with van der Waals surface area (Å²) in [5.74, 6) is 0.711. The monoisotopic (exact) mass is 503 g/mol. The van der Waals surface area contributed by atoms with Gasteiger partial charge in [0.1, 0.15) is 5.75 Å². The molecule has 200 valence electrons. The number of rotatable bonds is 5. The van der Waals surface area contributed by atoms with Crippen LogP contribution in [0, 0.1) is 23.7 Å². The maximum atomic E-state index is 10.8. The zero-order valence-corrected chi connectivity index (χ0v) is 22.0. The minimum atomic E-state index is -0.795. The van der Waals surface area contributed by atoms with E-state index in [4.69, 9.17) is 28.7 Å². The molecular formula is C28H41NO7. The number of phenols is 1. The quantitative estimate of drug-likeness (QED) is 0.588. The molecule has 36 heavy (non-hydrogen) atoms. The van der Waals surface area contributed by atoms with Crippen LogP contribution in [0.15, 0.2) is 18.2 Å². The van der Waals surface area contributed by atoms with Gasteiger partial charge in [-0.2, -0.15) is 0 Å². The molecule has 6 aliphatic rings. The first-order valence-corrected chi connectivity index (χ1v) is 13.8. The minimum absolute atomic E-state index is 0.113. The lowest BCUT2D eigenvalue weighted by Crippen LogP contribution is -2.70. The number of aromatic hydroxyl groups is 1. The van der Waals surface area contributed by atoms with Crippen molar-refractivity contribution in [3.05, 3.63) is 29.3 Å². The third-order valence-corrected chi connectivity index (χ3v) is 9.51. The first-order valence-electron chi connectivity index (χ1n) is 13.8. The lowest BCUT2D eigenvalue weighted by atomic mass is 9.58. The molecule has 7 rings (SSSR count). The molecule has 1 aromatic carbocycles. The maximum Gasteiger partial charge on any atom is 0.201 e. The Morgan fingerprint density at radius 2 is 1.92 bits per heavy atom. The van der Waals surface area contributed by atoms with Crippen molar-refractivity contribution in [3.63, 3.8) is 0 Å². The second-order valence-electron chi connectivity index (χ2n) is 11.8. The largest absolute Gasteiger partial charge is 0.508 e. The van der Waals surface area contributed by atoms with E-state index < -0.39 is 24.0 Å². The minimum Gasteiger partial charge on any atom is -0.508 e. The third-order valence-electron chi connectivity index (χ3n) is 9.51. The van der Waals surface area contributed by atoms with Crippen molar-refractivity contribution in [2.45, 2.75) is 90.0 Å². The summed E-state index contributed by atoms with van der Waals surface area (Å²) in [7, 11) is 0. The fourth-order valence-electron chi connectivity index (χ4n) is 7.27. The van der Waals surface area contributed by atoms with Gasteiger partial charge < -0.3 is 24.1 Å². The number of morpholine rings is 1. The lowest BCUT2D eigenvalue weighted by molar-refractivity contribution is -0.578. The van der Waals surface area contributed by atoms with Crippen molar-refractivity contribution in [1.82, 2.24) is 4.90 Å². The predicted molar refractivity (Wildman–Crippen MR) is 131 cm³/mol. The molecule has 5 aliphatic heterocycles. The molecule has 6 fully saturated rings. The Morgan fingerprint density at radius 1 is 1.11 bits per heavy atom. The number of phenolic OH excluding ortho intramolecular Hbond substituents is 1. The molecule has 0 radical (unpaired) electrons. The van der Waals surface area contributed by atoms with Crippen LogP contribution in [-0.4, -0.2) is 60.3 Å². The van der Waals surface area contributed by atoms with Crippen LogP contribution in [0.3, 0.4) is 0 Å². The van der Waals surface area contributed by atoms with Gasteiger partial charge in [-0.3, -0.25) is 4.90 Å². The van der Waals surface area contributed by atoms with Crippen LogP contribution >= 0.6 is 0 Å². The van der Waals surface area contributed by atoms with Crippen molar-refractivity contribution < 1.29 is 33.8 Å². The van der Waals surface area contributed by atoms with E-state index in [2.05, 4.69) is 24.8 Å². The molecule has 1 N–H and O–H groups in total.